The molecular formula is C28H34N6O3. The van der Waals surface area contributed by atoms with E-state index in [0.717, 1.165) is 35.6 Å². The zero-order valence-electron chi connectivity index (χ0n) is 21.8. The Bertz CT molecular complexity index is 1240. The van der Waals surface area contributed by atoms with E-state index in [9.17, 15) is 4.79 Å². The molecule has 1 fully saturated rings. The molecule has 0 radical (unpaired) electrons. The number of aryl methyl sites for hydroxylation is 2. The van der Waals surface area contributed by atoms with Crippen molar-refractivity contribution in [1.29, 1.82) is 0 Å². The quantitative estimate of drug-likeness (QED) is 0.332. The van der Waals surface area contributed by atoms with Crippen LogP contribution in [-0.2, 0) is 15.9 Å². The Balaban J connectivity index is 1.48. The second kappa shape index (κ2) is 11.8. The lowest BCUT2D eigenvalue weighted by Crippen LogP contribution is -2.37. The second-order valence-corrected chi connectivity index (χ2v) is 9.73. The molecule has 0 unspecified atom stereocenters. The van der Waals surface area contributed by atoms with Gasteiger partial charge in [-0.3, -0.25) is 10.7 Å². The van der Waals surface area contributed by atoms with E-state index in [-0.39, 0.29) is 0 Å². The average Bonchev–Trinajstić information content (AvgIpc) is 2.85. The van der Waals surface area contributed by atoms with Crippen LogP contribution in [0.25, 0.3) is 0 Å². The van der Waals surface area contributed by atoms with Gasteiger partial charge >= 0.3 is 6.09 Å². The fraction of sp³-hybridized carbons (Fsp3) is 0.357. The Hall–Kier alpha value is -3.98. The van der Waals surface area contributed by atoms with Gasteiger partial charge in [-0.15, -0.1) is 0 Å². The number of hydrazone groups is 1. The molecule has 0 atom stereocenters. The molecule has 1 aliphatic rings. The van der Waals surface area contributed by atoms with E-state index < -0.39 is 11.7 Å². The number of nitrogens with zero attached hydrogens (tertiary/aromatic N) is 4. The van der Waals surface area contributed by atoms with Gasteiger partial charge in [0.05, 0.1) is 19.4 Å². The summed E-state index contributed by atoms with van der Waals surface area (Å²) in [7, 11) is 0. The molecule has 2 aromatic carbocycles. The maximum Gasteiger partial charge on any atom is 0.412 e. The maximum atomic E-state index is 12.6. The molecular weight excluding hydrogens is 468 g/mol. The third-order valence-corrected chi connectivity index (χ3v) is 5.78. The van der Waals surface area contributed by atoms with Crippen LogP contribution in [0.1, 0.15) is 36.4 Å². The van der Waals surface area contributed by atoms with Crippen LogP contribution < -0.4 is 15.6 Å². The Labute approximate surface area is 217 Å². The van der Waals surface area contributed by atoms with Crippen LogP contribution in [0.5, 0.6) is 0 Å². The number of amides is 1. The first-order chi connectivity index (χ1) is 17.8. The molecule has 37 heavy (non-hydrogen) atoms. The zero-order chi connectivity index (χ0) is 26.3. The highest BCUT2D eigenvalue weighted by Crippen LogP contribution is 2.22. The molecule has 1 saturated heterocycles. The molecule has 1 aromatic heterocycles. The van der Waals surface area contributed by atoms with Crippen molar-refractivity contribution in [1.82, 2.24) is 9.97 Å². The first-order valence-electron chi connectivity index (χ1n) is 12.4. The Kier molecular flexibility index (Phi) is 8.35. The van der Waals surface area contributed by atoms with Gasteiger partial charge in [0.2, 0.25) is 0 Å². The molecule has 0 aliphatic carbocycles. The van der Waals surface area contributed by atoms with Crippen molar-refractivity contribution in [2.24, 2.45) is 5.10 Å². The van der Waals surface area contributed by atoms with Gasteiger partial charge in [0.15, 0.2) is 5.82 Å². The molecule has 194 valence electrons. The van der Waals surface area contributed by atoms with E-state index >= 15 is 0 Å². The van der Waals surface area contributed by atoms with Crippen molar-refractivity contribution >= 4 is 29.6 Å². The standard InChI is InChI=1S/C28H34N6O3/c1-20-8-10-23(11-9-20)30-27(35)37-28(3,4)18-25-31-24(17-26(32-25)34-12-14-36-15-13-34)33-29-19-22-7-5-6-21(2)16-22/h5-11,16-17,19H,12-15,18H2,1-4H3,(H,30,35)(H,31,32,33)/b29-19+. The van der Waals surface area contributed by atoms with Crippen LogP contribution in [0.2, 0.25) is 0 Å². The normalized spacial score (nSPS) is 14.0. The summed E-state index contributed by atoms with van der Waals surface area (Å²) in [5.74, 6) is 1.89. The number of hydrogen-bond acceptors (Lipinski definition) is 8. The van der Waals surface area contributed by atoms with Crippen LogP contribution in [0.3, 0.4) is 0 Å². The van der Waals surface area contributed by atoms with Gasteiger partial charge < -0.3 is 14.4 Å². The summed E-state index contributed by atoms with van der Waals surface area (Å²) >= 11 is 0. The summed E-state index contributed by atoms with van der Waals surface area (Å²) in [4.78, 5) is 24.1. The summed E-state index contributed by atoms with van der Waals surface area (Å²) in [6.45, 7) is 10.5. The van der Waals surface area contributed by atoms with Crippen LogP contribution >= 0.6 is 0 Å². The average molecular weight is 503 g/mol. The number of benzene rings is 2. The highest BCUT2D eigenvalue weighted by atomic mass is 16.6. The molecule has 0 saturated carbocycles. The van der Waals surface area contributed by atoms with E-state index in [1.165, 1.54) is 0 Å². The summed E-state index contributed by atoms with van der Waals surface area (Å²) in [6, 6.07) is 17.5. The minimum absolute atomic E-state index is 0.322. The summed E-state index contributed by atoms with van der Waals surface area (Å²) < 4.78 is 11.2. The number of ether oxygens (including phenoxy) is 2. The van der Waals surface area contributed by atoms with Crippen molar-refractivity contribution in [2.45, 2.75) is 39.7 Å². The van der Waals surface area contributed by atoms with E-state index in [4.69, 9.17) is 14.5 Å². The fourth-order valence-corrected chi connectivity index (χ4v) is 3.95. The minimum atomic E-state index is -0.847. The SMILES string of the molecule is Cc1ccc(NC(=O)OC(C)(C)Cc2nc(N/N=C/c3cccc(C)c3)cc(N3CCOCC3)n2)cc1. The molecule has 3 aromatic rings. The number of hydrogen-bond donors (Lipinski definition) is 2. The van der Waals surface area contributed by atoms with E-state index in [0.29, 0.717) is 37.0 Å². The molecule has 9 nitrogen and oxygen atoms in total. The molecule has 0 bridgehead atoms. The largest absolute Gasteiger partial charge is 0.443 e. The van der Waals surface area contributed by atoms with Gasteiger partial charge in [-0.2, -0.15) is 5.10 Å². The molecule has 1 amide bonds. The van der Waals surface area contributed by atoms with Gasteiger partial charge in [-0.05, 0) is 45.4 Å². The van der Waals surface area contributed by atoms with Gasteiger partial charge in [0.25, 0.3) is 0 Å². The van der Waals surface area contributed by atoms with Crippen molar-refractivity contribution < 1.29 is 14.3 Å². The topological polar surface area (TPSA) is 101 Å². The highest BCUT2D eigenvalue weighted by Gasteiger charge is 2.26. The number of carbonyl (C=O) groups excluding carboxylic acids is 1. The van der Waals surface area contributed by atoms with Crippen molar-refractivity contribution in [3.05, 3.63) is 77.1 Å². The van der Waals surface area contributed by atoms with Crippen LogP contribution in [0.4, 0.5) is 22.1 Å². The number of aromatic nitrogens is 2. The maximum absolute atomic E-state index is 12.6. The third-order valence-electron chi connectivity index (χ3n) is 5.78. The number of anilines is 3. The molecule has 9 heteroatoms. The predicted octanol–water partition coefficient (Wildman–Crippen LogP) is 4.95. The van der Waals surface area contributed by atoms with Gasteiger partial charge in [0.1, 0.15) is 17.2 Å². The zero-order valence-corrected chi connectivity index (χ0v) is 21.8. The first-order valence-corrected chi connectivity index (χ1v) is 12.4. The molecule has 0 spiro atoms. The molecule has 4 rings (SSSR count). The van der Waals surface area contributed by atoms with E-state index in [2.05, 4.69) is 31.8 Å². The van der Waals surface area contributed by atoms with Crippen LogP contribution in [0, 0.1) is 13.8 Å². The second-order valence-electron chi connectivity index (χ2n) is 9.73. The smallest absolute Gasteiger partial charge is 0.412 e. The van der Waals surface area contributed by atoms with Crippen LogP contribution in [-0.4, -0.2) is 54.2 Å². The summed E-state index contributed by atoms with van der Waals surface area (Å²) in [6.07, 6.45) is 1.55. The monoisotopic (exact) mass is 502 g/mol. The Morgan fingerprint density at radius 3 is 2.57 bits per heavy atom. The van der Waals surface area contributed by atoms with E-state index in [1.807, 2.05) is 76.2 Å². The number of carbonyl (C=O) groups is 1. The Morgan fingerprint density at radius 2 is 1.84 bits per heavy atom. The van der Waals surface area contributed by atoms with Crippen molar-refractivity contribution in [3.8, 4) is 0 Å². The van der Waals surface area contributed by atoms with Crippen LogP contribution in [0.15, 0.2) is 59.7 Å². The van der Waals surface area contributed by atoms with Gasteiger partial charge in [-0.1, -0.05) is 47.5 Å². The van der Waals surface area contributed by atoms with Crippen molar-refractivity contribution in [2.75, 3.05) is 41.9 Å². The number of morpholine rings is 1. The lowest BCUT2D eigenvalue weighted by molar-refractivity contribution is 0.0479. The van der Waals surface area contributed by atoms with E-state index in [1.54, 1.807) is 6.21 Å². The fourth-order valence-electron chi connectivity index (χ4n) is 3.95. The lowest BCUT2D eigenvalue weighted by Gasteiger charge is -2.29. The van der Waals surface area contributed by atoms with Gasteiger partial charge in [-0.25, -0.2) is 14.8 Å². The first kappa shape index (κ1) is 26.1. The summed E-state index contributed by atoms with van der Waals surface area (Å²) in [5, 5.41) is 7.15. The van der Waals surface area contributed by atoms with Crippen molar-refractivity contribution in [3.63, 3.8) is 0 Å². The summed E-state index contributed by atoms with van der Waals surface area (Å²) in [5.41, 5.74) is 6.13. The third kappa shape index (κ3) is 8.01. The lowest BCUT2D eigenvalue weighted by atomic mass is 10.0. The molecule has 2 heterocycles. The number of rotatable bonds is 8. The van der Waals surface area contributed by atoms with Gasteiger partial charge in [0, 0.05) is 31.3 Å². The number of nitrogens with one attached hydrogen (secondary N) is 2. The highest BCUT2D eigenvalue weighted by molar-refractivity contribution is 5.84. The molecule has 1 aliphatic heterocycles. The minimum Gasteiger partial charge on any atom is -0.443 e. The Morgan fingerprint density at radius 1 is 1.08 bits per heavy atom. The predicted molar refractivity (Wildman–Crippen MR) is 147 cm³/mol. The molecule has 2 N–H and O–H groups in total.